The van der Waals surface area contributed by atoms with Gasteiger partial charge in [0.05, 0.1) is 43.2 Å². The van der Waals surface area contributed by atoms with Crippen molar-refractivity contribution in [2.24, 2.45) is 7.05 Å². The predicted octanol–water partition coefficient (Wildman–Crippen LogP) is 3.98. The van der Waals surface area contributed by atoms with Crippen LogP contribution in [0, 0.1) is 0 Å². The number of hydrogen-bond acceptors (Lipinski definition) is 7. The number of rotatable bonds is 8. The molecule has 1 N–H and O–H groups in total. The molecule has 4 aromatic rings. The molecule has 0 bridgehead atoms. The molecule has 10 heteroatoms. The van der Waals surface area contributed by atoms with Crippen LogP contribution in [0.5, 0.6) is 11.5 Å². The lowest BCUT2D eigenvalue weighted by molar-refractivity contribution is -0.123. The minimum absolute atomic E-state index is 0.144. The molecule has 3 heterocycles. The van der Waals surface area contributed by atoms with Crippen LogP contribution in [0.1, 0.15) is 22.1 Å². The van der Waals surface area contributed by atoms with Crippen molar-refractivity contribution in [3.05, 3.63) is 89.7 Å². The number of nitrogens with one attached hydrogen (secondary N) is 1. The van der Waals surface area contributed by atoms with Crippen molar-refractivity contribution in [2.45, 2.75) is 11.8 Å². The lowest BCUT2D eigenvalue weighted by Crippen LogP contribution is -2.42. The summed E-state index contributed by atoms with van der Waals surface area (Å²) in [5.74, 6) is 1.63. The molecule has 1 aliphatic heterocycles. The molecule has 0 saturated carbocycles. The number of pyridine rings is 1. The molecular formula is C29H29N5O4S. The molecule has 0 unspecified atom stereocenters. The van der Waals surface area contributed by atoms with Crippen LogP contribution in [0.25, 0.3) is 11.3 Å². The molecule has 200 valence electrons. The Morgan fingerprint density at radius 3 is 2.59 bits per heavy atom. The van der Waals surface area contributed by atoms with Crippen LogP contribution in [0.2, 0.25) is 0 Å². The summed E-state index contributed by atoms with van der Waals surface area (Å²) >= 11 is 1.48. The van der Waals surface area contributed by atoms with Crippen molar-refractivity contribution >= 4 is 29.4 Å². The van der Waals surface area contributed by atoms with Gasteiger partial charge >= 0.3 is 0 Å². The minimum Gasteiger partial charge on any atom is -0.497 e. The standard InChI is InChI=1S/C29H29N5O4S/c1-33-29-26(27(32-33)19-9-5-4-6-10-19)28(22-15-21(37-2)12-13-23(22)38-3)39-18-25(36)34(29)17-24(35)31-16-20-11-7-8-14-30-20/h4-15,28H,16-18H2,1-3H3,(H,31,35)/t28-/m0/s1. The topological polar surface area (TPSA) is 98.6 Å². The van der Waals surface area contributed by atoms with E-state index in [0.29, 0.717) is 17.3 Å². The fourth-order valence-electron chi connectivity index (χ4n) is 4.68. The van der Waals surface area contributed by atoms with Gasteiger partial charge in [0, 0.05) is 29.9 Å². The predicted molar refractivity (Wildman–Crippen MR) is 151 cm³/mol. The SMILES string of the molecule is COc1ccc(OC)c([C@@H]2SCC(=O)N(CC(=O)NCc3ccccn3)c3c2c(-c2ccccc2)nn3C)c1. The van der Waals surface area contributed by atoms with E-state index in [1.54, 1.807) is 32.1 Å². The van der Waals surface area contributed by atoms with E-state index in [0.717, 1.165) is 28.1 Å². The molecular weight excluding hydrogens is 514 g/mol. The van der Waals surface area contributed by atoms with Gasteiger partial charge in [0.2, 0.25) is 11.8 Å². The van der Waals surface area contributed by atoms with E-state index >= 15 is 0 Å². The molecule has 2 aromatic heterocycles. The van der Waals surface area contributed by atoms with Crippen molar-refractivity contribution in [1.82, 2.24) is 20.1 Å². The lowest BCUT2D eigenvalue weighted by atomic mass is 9.98. The number of fused-ring (bicyclic) bond motifs is 1. The smallest absolute Gasteiger partial charge is 0.240 e. The third kappa shape index (κ3) is 5.46. The quantitative estimate of drug-likeness (QED) is 0.359. The van der Waals surface area contributed by atoms with Gasteiger partial charge < -0.3 is 14.8 Å². The zero-order valence-electron chi connectivity index (χ0n) is 22.0. The molecule has 0 saturated heterocycles. The first kappa shape index (κ1) is 26.3. The van der Waals surface area contributed by atoms with E-state index in [-0.39, 0.29) is 35.9 Å². The molecule has 0 fully saturated rings. The molecule has 1 aliphatic rings. The van der Waals surface area contributed by atoms with E-state index < -0.39 is 0 Å². The summed E-state index contributed by atoms with van der Waals surface area (Å²) in [6.07, 6.45) is 1.68. The first-order chi connectivity index (χ1) is 19.0. The highest BCUT2D eigenvalue weighted by atomic mass is 32.2. The Kier molecular flexibility index (Phi) is 7.83. The van der Waals surface area contributed by atoms with Crippen molar-refractivity contribution in [2.75, 3.05) is 31.4 Å². The summed E-state index contributed by atoms with van der Waals surface area (Å²) in [5, 5.41) is 7.44. The summed E-state index contributed by atoms with van der Waals surface area (Å²) in [6, 6.07) is 21.0. The van der Waals surface area contributed by atoms with Gasteiger partial charge in [-0.3, -0.25) is 24.2 Å². The molecule has 5 rings (SSSR count). The van der Waals surface area contributed by atoms with Gasteiger partial charge in [-0.2, -0.15) is 5.10 Å². The van der Waals surface area contributed by atoms with Gasteiger partial charge in [-0.15, -0.1) is 11.8 Å². The molecule has 2 amide bonds. The van der Waals surface area contributed by atoms with E-state index in [2.05, 4.69) is 10.3 Å². The number of hydrogen-bond donors (Lipinski definition) is 1. The van der Waals surface area contributed by atoms with E-state index in [1.807, 2.05) is 66.7 Å². The average molecular weight is 544 g/mol. The maximum atomic E-state index is 13.6. The summed E-state index contributed by atoms with van der Waals surface area (Å²) in [4.78, 5) is 32.4. The number of aryl methyl sites for hydroxylation is 1. The number of methoxy groups -OCH3 is 2. The monoisotopic (exact) mass is 543 g/mol. The highest BCUT2D eigenvalue weighted by Crippen LogP contribution is 2.50. The maximum Gasteiger partial charge on any atom is 0.240 e. The third-order valence-electron chi connectivity index (χ3n) is 6.51. The summed E-state index contributed by atoms with van der Waals surface area (Å²) in [6.45, 7) is 0.128. The number of thioether (sulfide) groups is 1. The van der Waals surface area contributed by atoms with Crippen molar-refractivity contribution in [1.29, 1.82) is 0 Å². The van der Waals surface area contributed by atoms with Crippen LogP contribution in [0.4, 0.5) is 5.82 Å². The van der Waals surface area contributed by atoms with Crippen LogP contribution in [0.3, 0.4) is 0 Å². The van der Waals surface area contributed by atoms with Gasteiger partial charge in [0.25, 0.3) is 0 Å². The van der Waals surface area contributed by atoms with Crippen molar-refractivity contribution in [3.8, 4) is 22.8 Å². The fraction of sp³-hybridized carbons (Fsp3) is 0.241. The van der Waals surface area contributed by atoms with Crippen LogP contribution in [0.15, 0.2) is 72.9 Å². The number of aromatic nitrogens is 3. The number of anilines is 1. The van der Waals surface area contributed by atoms with Crippen molar-refractivity contribution in [3.63, 3.8) is 0 Å². The molecule has 39 heavy (non-hydrogen) atoms. The van der Waals surface area contributed by atoms with Crippen LogP contribution >= 0.6 is 11.8 Å². The second-order valence-electron chi connectivity index (χ2n) is 8.95. The van der Waals surface area contributed by atoms with E-state index in [1.165, 1.54) is 16.7 Å². The first-order valence-corrected chi connectivity index (χ1v) is 13.5. The number of benzene rings is 2. The van der Waals surface area contributed by atoms with E-state index in [9.17, 15) is 9.59 Å². The van der Waals surface area contributed by atoms with Gasteiger partial charge in [-0.05, 0) is 30.3 Å². The number of carbonyl (C=O) groups is 2. The van der Waals surface area contributed by atoms with Gasteiger partial charge in [-0.25, -0.2) is 0 Å². The Bertz CT molecular complexity index is 1480. The van der Waals surface area contributed by atoms with Crippen LogP contribution in [-0.2, 0) is 23.2 Å². The molecule has 1 atom stereocenters. The lowest BCUT2D eigenvalue weighted by Gasteiger charge is -2.23. The summed E-state index contributed by atoms with van der Waals surface area (Å²) in [7, 11) is 5.04. The Labute approximate surface area is 231 Å². The highest BCUT2D eigenvalue weighted by molar-refractivity contribution is 8.00. The Hall–Kier alpha value is -4.31. The number of carbonyl (C=O) groups excluding carboxylic acids is 2. The average Bonchev–Trinajstić information content (AvgIpc) is 3.24. The highest BCUT2D eigenvalue weighted by Gasteiger charge is 2.37. The molecule has 2 aromatic carbocycles. The zero-order chi connectivity index (χ0) is 27.4. The van der Waals surface area contributed by atoms with Gasteiger partial charge in [-0.1, -0.05) is 36.4 Å². The van der Waals surface area contributed by atoms with Crippen molar-refractivity contribution < 1.29 is 19.1 Å². The number of nitrogens with zero attached hydrogens (tertiary/aromatic N) is 4. The van der Waals surface area contributed by atoms with Gasteiger partial charge in [0.1, 0.15) is 23.9 Å². The largest absolute Gasteiger partial charge is 0.497 e. The number of amides is 2. The Morgan fingerprint density at radius 1 is 1.08 bits per heavy atom. The van der Waals surface area contributed by atoms with Crippen LogP contribution in [-0.4, -0.2) is 53.1 Å². The number of ether oxygens (including phenoxy) is 2. The van der Waals surface area contributed by atoms with Gasteiger partial charge in [0.15, 0.2) is 0 Å². The molecule has 9 nitrogen and oxygen atoms in total. The normalized spacial score (nSPS) is 14.9. The second-order valence-corrected chi connectivity index (χ2v) is 10.0. The Morgan fingerprint density at radius 2 is 1.87 bits per heavy atom. The first-order valence-electron chi connectivity index (χ1n) is 12.4. The molecule has 0 aliphatic carbocycles. The summed E-state index contributed by atoms with van der Waals surface area (Å²) < 4.78 is 12.9. The summed E-state index contributed by atoms with van der Waals surface area (Å²) in [5.41, 5.74) is 4.09. The third-order valence-corrected chi connectivity index (χ3v) is 7.74. The molecule has 0 radical (unpaired) electrons. The molecule has 0 spiro atoms. The fourth-order valence-corrected chi connectivity index (χ4v) is 5.89. The second kappa shape index (κ2) is 11.6. The van der Waals surface area contributed by atoms with Crippen LogP contribution < -0.4 is 19.7 Å². The Balaban J connectivity index is 1.59. The minimum atomic E-state index is -0.306. The zero-order valence-corrected chi connectivity index (χ0v) is 22.8. The maximum absolute atomic E-state index is 13.6. The van der Waals surface area contributed by atoms with E-state index in [4.69, 9.17) is 14.6 Å².